The zero-order valence-electron chi connectivity index (χ0n) is 23.4. The second-order valence-corrected chi connectivity index (χ2v) is 11.0. The van der Waals surface area contributed by atoms with E-state index in [4.69, 9.17) is 5.73 Å². The number of rotatable bonds is 15. The van der Waals surface area contributed by atoms with E-state index in [0.29, 0.717) is 11.3 Å². The highest BCUT2D eigenvalue weighted by molar-refractivity contribution is 7.98. The molecule has 5 unspecified atom stereocenters. The number of benzene rings is 2. The van der Waals surface area contributed by atoms with Crippen LogP contribution >= 0.6 is 11.8 Å². The number of aromatic nitrogens is 1. The third-order valence-corrected chi connectivity index (χ3v) is 7.43. The quantitative estimate of drug-likeness (QED) is 0.123. The molecular weight excluding hydrogens is 562 g/mol. The van der Waals surface area contributed by atoms with Crippen LogP contribution in [0.2, 0.25) is 0 Å². The predicted molar refractivity (Wildman–Crippen MR) is 160 cm³/mol. The van der Waals surface area contributed by atoms with E-state index in [-0.39, 0.29) is 25.0 Å². The molecule has 0 radical (unpaired) electrons. The maximum absolute atomic E-state index is 13.6. The van der Waals surface area contributed by atoms with Gasteiger partial charge in [-0.1, -0.05) is 30.3 Å². The number of phenols is 1. The minimum absolute atomic E-state index is 0.0219. The van der Waals surface area contributed by atoms with Crippen molar-refractivity contribution >= 4 is 46.4 Å². The molecule has 42 heavy (non-hydrogen) atoms. The van der Waals surface area contributed by atoms with Crippen LogP contribution in [0.3, 0.4) is 0 Å². The summed E-state index contributed by atoms with van der Waals surface area (Å²) in [5.74, 6) is -2.84. The van der Waals surface area contributed by atoms with E-state index in [9.17, 15) is 34.5 Å². The van der Waals surface area contributed by atoms with Gasteiger partial charge in [0.05, 0.1) is 6.10 Å². The Hall–Kier alpha value is -4.07. The number of carbonyl (C=O) groups excluding carboxylic acids is 3. The molecule has 0 spiro atoms. The van der Waals surface area contributed by atoms with E-state index in [1.807, 2.05) is 30.5 Å². The topological polar surface area (TPSA) is 207 Å². The largest absolute Gasteiger partial charge is 0.508 e. The highest BCUT2D eigenvalue weighted by Crippen LogP contribution is 2.20. The van der Waals surface area contributed by atoms with Crippen LogP contribution in [0.5, 0.6) is 5.75 Å². The van der Waals surface area contributed by atoms with Crippen molar-refractivity contribution in [3.8, 4) is 5.75 Å². The number of carboxylic acids is 1. The van der Waals surface area contributed by atoms with Gasteiger partial charge in [-0.3, -0.25) is 14.4 Å². The number of thioether (sulfide) groups is 1. The molecule has 226 valence electrons. The minimum atomic E-state index is -1.32. The average molecular weight is 600 g/mol. The van der Waals surface area contributed by atoms with Crippen molar-refractivity contribution in [2.45, 2.75) is 56.5 Å². The fourth-order valence-corrected chi connectivity index (χ4v) is 4.81. The number of H-pyrrole nitrogens is 1. The Bertz CT molecular complexity index is 1380. The van der Waals surface area contributed by atoms with Crippen LogP contribution in [-0.4, -0.2) is 86.3 Å². The van der Waals surface area contributed by atoms with Crippen molar-refractivity contribution < 1.29 is 34.5 Å². The van der Waals surface area contributed by atoms with E-state index < -0.39 is 54.0 Å². The maximum Gasteiger partial charge on any atom is 0.326 e. The van der Waals surface area contributed by atoms with Crippen molar-refractivity contribution in [1.29, 1.82) is 0 Å². The molecule has 3 rings (SSSR count). The van der Waals surface area contributed by atoms with E-state index in [0.717, 1.165) is 16.5 Å². The smallest absolute Gasteiger partial charge is 0.326 e. The van der Waals surface area contributed by atoms with Gasteiger partial charge in [-0.15, -0.1) is 0 Å². The summed E-state index contributed by atoms with van der Waals surface area (Å²) in [6, 6.07) is 8.54. The third-order valence-electron chi connectivity index (χ3n) is 6.79. The lowest BCUT2D eigenvalue weighted by atomic mass is 10.0. The number of para-hydroxylation sites is 1. The first-order valence-corrected chi connectivity index (χ1v) is 14.8. The van der Waals surface area contributed by atoms with E-state index in [1.165, 1.54) is 30.8 Å². The number of aliphatic carboxylic acids is 1. The first-order valence-electron chi connectivity index (χ1n) is 13.4. The van der Waals surface area contributed by atoms with E-state index in [1.54, 1.807) is 18.3 Å². The molecule has 0 aliphatic rings. The van der Waals surface area contributed by atoms with Gasteiger partial charge in [-0.25, -0.2) is 4.79 Å². The van der Waals surface area contributed by atoms with Gasteiger partial charge in [0.15, 0.2) is 0 Å². The predicted octanol–water partition coefficient (Wildman–Crippen LogP) is 0.659. The van der Waals surface area contributed by atoms with Crippen LogP contribution in [0.15, 0.2) is 54.7 Å². The highest BCUT2D eigenvalue weighted by atomic mass is 32.2. The lowest BCUT2D eigenvalue weighted by Gasteiger charge is -2.25. The number of aliphatic hydroxyl groups excluding tert-OH is 1. The van der Waals surface area contributed by atoms with Crippen LogP contribution in [0.4, 0.5) is 0 Å². The number of carbonyl (C=O) groups is 4. The molecule has 3 aromatic rings. The van der Waals surface area contributed by atoms with E-state index in [2.05, 4.69) is 20.9 Å². The number of nitrogens with one attached hydrogen (secondary N) is 4. The Kier molecular flexibility index (Phi) is 11.8. The minimum Gasteiger partial charge on any atom is -0.508 e. The molecule has 13 heteroatoms. The SMILES string of the molecule is CSCCC(NC(=O)C(N)C(C)O)C(=O)NC(Cc1c[nH]c2ccccc12)C(=O)NC(Cc1ccc(O)cc1)C(=O)O. The second kappa shape index (κ2) is 15.2. The van der Waals surface area contributed by atoms with Gasteiger partial charge >= 0.3 is 5.97 Å². The Morgan fingerprint density at radius 2 is 1.52 bits per heavy atom. The Morgan fingerprint density at radius 3 is 2.17 bits per heavy atom. The van der Waals surface area contributed by atoms with Gasteiger partial charge in [0, 0.05) is 29.9 Å². The molecule has 0 bridgehead atoms. The van der Waals surface area contributed by atoms with Crippen LogP contribution in [0.1, 0.15) is 24.5 Å². The summed E-state index contributed by atoms with van der Waals surface area (Å²) in [5.41, 5.74) is 7.87. The summed E-state index contributed by atoms with van der Waals surface area (Å²) >= 11 is 1.46. The van der Waals surface area contributed by atoms with Crippen molar-refractivity contribution in [2.24, 2.45) is 5.73 Å². The molecule has 0 fully saturated rings. The molecule has 1 aromatic heterocycles. The summed E-state index contributed by atoms with van der Waals surface area (Å²) in [4.78, 5) is 54.8. The zero-order valence-corrected chi connectivity index (χ0v) is 24.2. The number of fused-ring (bicyclic) bond motifs is 1. The number of hydrogen-bond donors (Lipinski definition) is 8. The van der Waals surface area contributed by atoms with Gasteiger partial charge in [-0.2, -0.15) is 11.8 Å². The monoisotopic (exact) mass is 599 g/mol. The molecule has 0 aliphatic heterocycles. The van der Waals surface area contributed by atoms with E-state index >= 15 is 0 Å². The standard InChI is InChI=1S/C29H37N5O7S/c1-16(35)25(30)28(39)32-22(11-12-42-2)26(37)33-23(14-18-15-31-21-6-4-3-5-20(18)21)27(38)34-24(29(40)41)13-17-7-9-19(36)10-8-17/h3-10,15-16,22-25,31,35-36H,11-14,30H2,1-2H3,(H,32,39)(H,33,37)(H,34,38)(H,40,41). The van der Waals surface area contributed by atoms with Crippen LogP contribution in [0, 0.1) is 0 Å². The first-order chi connectivity index (χ1) is 20.0. The fraction of sp³-hybridized carbons (Fsp3) is 0.379. The molecule has 5 atom stereocenters. The molecule has 9 N–H and O–H groups in total. The number of hydrogen-bond acceptors (Lipinski definition) is 8. The summed E-state index contributed by atoms with van der Waals surface area (Å²) in [7, 11) is 0. The van der Waals surface area contributed by atoms with Gasteiger partial charge in [-0.05, 0) is 54.7 Å². The Labute approximate surface area is 247 Å². The van der Waals surface area contributed by atoms with Crippen molar-refractivity contribution in [3.05, 3.63) is 65.9 Å². The average Bonchev–Trinajstić information content (AvgIpc) is 3.37. The third kappa shape index (κ3) is 8.96. The first kappa shape index (κ1) is 32.4. The number of phenolic OH excluding ortho intramolecular Hbond substituents is 1. The molecule has 0 aliphatic carbocycles. The summed E-state index contributed by atoms with van der Waals surface area (Å²) in [6.07, 6.45) is 2.62. The molecule has 0 saturated heterocycles. The number of aromatic amines is 1. The number of amides is 3. The Balaban J connectivity index is 1.86. The molecule has 3 amide bonds. The van der Waals surface area contributed by atoms with Crippen molar-refractivity contribution in [2.75, 3.05) is 12.0 Å². The van der Waals surface area contributed by atoms with Crippen LogP contribution < -0.4 is 21.7 Å². The number of aliphatic hydroxyl groups is 1. The van der Waals surface area contributed by atoms with Gasteiger partial charge < -0.3 is 42.0 Å². The van der Waals surface area contributed by atoms with Gasteiger partial charge in [0.2, 0.25) is 17.7 Å². The van der Waals surface area contributed by atoms with Crippen molar-refractivity contribution in [3.63, 3.8) is 0 Å². The molecular formula is C29H37N5O7S. The normalized spacial score (nSPS) is 14.8. The zero-order chi connectivity index (χ0) is 30.8. The Morgan fingerprint density at radius 1 is 0.905 bits per heavy atom. The fourth-order valence-electron chi connectivity index (χ4n) is 4.33. The second-order valence-electron chi connectivity index (χ2n) is 10.0. The van der Waals surface area contributed by atoms with Crippen LogP contribution in [0.25, 0.3) is 10.9 Å². The highest BCUT2D eigenvalue weighted by Gasteiger charge is 2.31. The van der Waals surface area contributed by atoms with Gasteiger partial charge in [0.25, 0.3) is 0 Å². The number of aromatic hydroxyl groups is 1. The van der Waals surface area contributed by atoms with Gasteiger partial charge in [0.1, 0.15) is 29.9 Å². The molecule has 12 nitrogen and oxygen atoms in total. The summed E-state index contributed by atoms with van der Waals surface area (Å²) in [6.45, 7) is 1.36. The lowest BCUT2D eigenvalue weighted by molar-refractivity contribution is -0.142. The number of carboxylic acid groups (broad SMARTS) is 1. The number of nitrogens with two attached hydrogens (primary N) is 1. The molecule has 1 heterocycles. The maximum atomic E-state index is 13.6. The van der Waals surface area contributed by atoms with Crippen molar-refractivity contribution in [1.82, 2.24) is 20.9 Å². The summed E-state index contributed by atoms with van der Waals surface area (Å²) in [5, 5.41) is 37.7. The summed E-state index contributed by atoms with van der Waals surface area (Å²) < 4.78 is 0. The molecule has 0 saturated carbocycles. The molecule has 2 aromatic carbocycles. The lowest BCUT2D eigenvalue weighted by Crippen LogP contribution is -2.58. The van der Waals surface area contributed by atoms with Crippen LogP contribution in [-0.2, 0) is 32.0 Å².